The lowest BCUT2D eigenvalue weighted by Gasteiger charge is -2.25. The zero-order valence-corrected chi connectivity index (χ0v) is 14.9. The molecule has 0 bridgehead atoms. The fourth-order valence-corrected chi connectivity index (χ4v) is 4.89. The molecule has 132 valence electrons. The van der Waals surface area contributed by atoms with E-state index in [1.165, 1.54) is 17.8 Å². The van der Waals surface area contributed by atoms with E-state index >= 15 is 0 Å². The standard InChI is InChI=1S/C17H25N3O3S/c1-2-20-9-8-12-13(10-20)24-15(14(12)16(21)22)19-17(23)18-11-6-4-3-5-7-11/h11H,2-10H2,1H3,(H,21,22)(H2,18,19,23). The van der Waals surface area contributed by atoms with Crippen molar-refractivity contribution in [2.45, 2.75) is 58.0 Å². The molecule has 0 atom stereocenters. The molecule has 0 aromatic carbocycles. The van der Waals surface area contributed by atoms with Crippen LogP contribution in [0.4, 0.5) is 9.80 Å². The summed E-state index contributed by atoms with van der Waals surface area (Å²) in [5.74, 6) is -0.953. The van der Waals surface area contributed by atoms with E-state index < -0.39 is 5.97 Å². The van der Waals surface area contributed by atoms with Crippen LogP contribution >= 0.6 is 11.3 Å². The van der Waals surface area contributed by atoms with Crippen molar-refractivity contribution in [2.24, 2.45) is 0 Å². The molecule has 0 radical (unpaired) electrons. The van der Waals surface area contributed by atoms with Gasteiger partial charge in [-0.1, -0.05) is 26.2 Å². The van der Waals surface area contributed by atoms with Gasteiger partial charge in [-0.15, -0.1) is 11.3 Å². The van der Waals surface area contributed by atoms with Crippen LogP contribution in [0.25, 0.3) is 0 Å². The zero-order valence-electron chi connectivity index (χ0n) is 14.1. The Morgan fingerprint density at radius 3 is 2.71 bits per heavy atom. The molecule has 0 unspecified atom stereocenters. The number of carboxylic acid groups (broad SMARTS) is 1. The van der Waals surface area contributed by atoms with Gasteiger partial charge in [0.2, 0.25) is 0 Å². The molecule has 1 fully saturated rings. The molecule has 0 saturated heterocycles. The van der Waals surface area contributed by atoms with Crippen LogP contribution < -0.4 is 10.6 Å². The molecule has 1 aromatic rings. The summed E-state index contributed by atoms with van der Waals surface area (Å²) < 4.78 is 0. The predicted octanol–water partition coefficient (Wildman–Crippen LogP) is 3.28. The molecule has 1 aliphatic carbocycles. The number of carbonyl (C=O) groups excluding carboxylic acids is 1. The van der Waals surface area contributed by atoms with Crippen LogP contribution in [0.5, 0.6) is 0 Å². The van der Waals surface area contributed by atoms with Gasteiger partial charge >= 0.3 is 12.0 Å². The maximum absolute atomic E-state index is 12.3. The number of nitrogens with zero attached hydrogens (tertiary/aromatic N) is 1. The highest BCUT2D eigenvalue weighted by atomic mass is 32.1. The Morgan fingerprint density at radius 1 is 1.29 bits per heavy atom. The minimum atomic E-state index is -0.953. The minimum Gasteiger partial charge on any atom is -0.478 e. The second-order valence-corrected chi connectivity index (χ2v) is 7.67. The van der Waals surface area contributed by atoms with Crippen molar-refractivity contribution >= 4 is 28.3 Å². The largest absolute Gasteiger partial charge is 0.478 e. The van der Waals surface area contributed by atoms with Crippen LogP contribution in [0.2, 0.25) is 0 Å². The first kappa shape index (κ1) is 17.2. The maximum Gasteiger partial charge on any atom is 0.339 e. The monoisotopic (exact) mass is 351 g/mol. The van der Waals surface area contributed by atoms with Crippen LogP contribution in [0.15, 0.2) is 0 Å². The smallest absolute Gasteiger partial charge is 0.339 e. The Hall–Kier alpha value is -1.60. The van der Waals surface area contributed by atoms with E-state index in [1.54, 1.807) is 0 Å². The average Bonchev–Trinajstić information content (AvgIpc) is 2.92. The molecule has 3 rings (SSSR count). The topological polar surface area (TPSA) is 81.7 Å². The first-order valence-corrected chi connectivity index (χ1v) is 9.57. The van der Waals surface area contributed by atoms with Gasteiger partial charge in [0.1, 0.15) is 5.00 Å². The van der Waals surface area contributed by atoms with Gasteiger partial charge in [-0.05, 0) is 31.4 Å². The summed E-state index contributed by atoms with van der Waals surface area (Å²) in [6, 6.07) is -0.0763. The molecule has 1 aliphatic heterocycles. The van der Waals surface area contributed by atoms with E-state index in [9.17, 15) is 14.7 Å². The van der Waals surface area contributed by atoms with Crippen molar-refractivity contribution in [2.75, 3.05) is 18.4 Å². The summed E-state index contributed by atoms with van der Waals surface area (Å²) in [7, 11) is 0. The third-order valence-electron chi connectivity index (χ3n) is 4.96. The summed E-state index contributed by atoms with van der Waals surface area (Å²) in [6.07, 6.45) is 6.26. The predicted molar refractivity (Wildman–Crippen MR) is 95.0 cm³/mol. The molecule has 3 N–H and O–H groups in total. The normalized spacial score (nSPS) is 18.9. The van der Waals surface area contributed by atoms with E-state index in [4.69, 9.17) is 0 Å². The first-order valence-electron chi connectivity index (χ1n) is 8.76. The number of urea groups is 1. The quantitative estimate of drug-likeness (QED) is 0.777. The lowest BCUT2D eigenvalue weighted by atomic mass is 9.96. The summed E-state index contributed by atoms with van der Waals surface area (Å²) in [6.45, 7) is 4.69. The van der Waals surface area contributed by atoms with Crippen LogP contribution in [0, 0.1) is 0 Å². The fraction of sp³-hybridized carbons (Fsp3) is 0.647. The molecule has 2 heterocycles. The number of likely N-dealkylation sites (N-methyl/N-ethyl adjacent to an activating group) is 1. The number of aromatic carboxylic acids is 1. The molecule has 0 spiro atoms. The van der Waals surface area contributed by atoms with Crippen molar-refractivity contribution in [1.82, 2.24) is 10.2 Å². The highest BCUT2D eigenvalue weighted by Gasteiger charge is 2.28. The van der Waals surface area contributed by atoms with E-state index in [2.05, 4.69) is 22.5 Å². The maximum atomic E-state index is 12.3. The van der Waals surface area contributed by atoms with E-state index in [-0.39, 0.29) is 17.6 Å². The Kier molecular flexibility index (Phi) is 5.40. The lowest BCUT2D eigenvalue weighted by molar-refractivity contribution is 0.0696. The van der Waals surface area contributed by atoms with Crippen LogP contribution in [0.3, 0.4) is 0 Å². The first-order chi connectivity index (χ1) is 11.6. The number of hydrogen-bond donors (Lipinski definition) is 3. The van der Waals surface area contributed by atoms with E-state index in [1.807, 2.05) is 0 Å². The second-order valence-electron chi connectivity index (χ2n) is 6.57. The van der Waals surface area contributed by atoms with E-state index in [0.717, 1.165) is 62.2 Å². The third-order valence-corrected chi connectivity index (χ3v) is 6.10. The lowest BCUT2D eigenvalue weighted by Crippen LogP contribution is -2.39. The van der Waals surface area contributed by atoms with Crippen molar-refractivity contribution in [3.8, 4) is 0 Å². The van der Waals surface area contributed by atoms with Gasteiger partial charge in [-0.25, -0.2) is 9.59 Å². The van der Waals surface area contributed by atoms with Gasteiger partial charge in [0.05, 0.1) is 5.56 Å². The SMILES string of the molecule is CCN1CCc2c(sc(NC(=O)NC3CCCCC3)c2C(=O)O)C1. The zero-order chi connectivity index (χ0) is 17.1. The van der Waals surface area contributed by atoms with Crippen LogP contribution in [-0.4, -0.2) is 41.1 Å². The van der Waals surface area contributed by atoms with Crippen LogP contribution in [-0.2, 0) is 13.0 Å². The Balaban J connectivity index is 1.73. The molecule has 24 heavy (non-hydrogen) atoms. The molecule has 2 amide bonds. The third kappa shape index (κ3) is 3.72. The summed E-state index contributed by atoms with van der Waals surface area (Å²) >= 11 is 1.41. The Morgan fingerprint density at radius 2 is 2.04 bits per heavy atom. The number of fused-ring (bicyclic) bond motifs is 1. The van der Waals surface area contributed by atoms with Gasteiger partial charge in [0, 0.05) is 24.0 Å². The summed E-state index contributed by atoms with van der Waals surface area (Å²) in [5, 5.41) is 15.8. The molecule has 7 heteroatoms. The Labute approximate surface area is 146 Å². The molecule has 1 aromatic heterocycles. The van der Waals surface area contributed by atoms with Crippen molar-refractivity contribution in [3.63, 3.8) is 0 Å². The highest BCUT2D eigenvalue weighted by Crippen LogP contribution is 2.37. The minimum absolute atomic E-state index is 0.206. The summed E-state index contributed by atoms with van der Waals surface area (Å²) in [5.41, 5.74) is 1.18. The number of rotatable bonds is 4. The van der Waals surface area contributed by atoms with Crippen LogP contribution in [0.1, 0.15) is 59.8 Å². The number of nitrogens with one attached hydrogen (secondary N) is 2. The number of carboxylic acids is 1. The van der Waals surface area contributed by atoms with Crippen molar-refractivity contribution in [3.05, 3.63) is 16.0 Å². The number of amides is 2. The van der Waals surface area contributed by atoms with Gasteiger partial charge < -0.3 is 10.4 Å². The van der Waals surface area contributed by atoms with Crippen molar-refractivity contribution < 1.29 is 14.7 Å². The molecular formula is C17H25N3O3S. The fourth-order valence-electron chi connectivity index (χ4n) is 3.61. The highest BCUT2D eigenvalue weighted by molar-refractivity contribution is 7.17. The van der Waals surface area contributed by atoms with Gasteiger partial charge in [-0.2, -0.15) is 0 Å². The number of thiophene rings is 1. The average molecular weight is 351 g/mol. The second kappa shape index (κ2) is 7.53. The van der Waals surface area contributed by atoms with Gasteiger partial charge in [-0.3, -0.25) is 10.2 Å². The number of carbonyl (C=O) groups is 2. The summed E-state index contributed by atoms with van der Waals surface area (Å²) in [4.78, 5) is 27.3. The van der Waals surface area contributed by atoms with E-state index in [0.29, 0.717) is 5.00 Å². The molecule has 2 aliphatic rings. The molecular weight excluding hydrogens is 326 g/mol. The van der Waals surface area contributed by atoms with Gasteiger partial charge in [0.15, 0.2) is 0 Å². The molecule has 1 saturated carbocycles. The molecule has 6 nitrogen and oxygen atoms in total. The number of anilines is 1. The number of hydrogen-bond acceptors (Lipinski definition) is 4. The van der Waals surface area contributed by atoms with Crippen molar-refractivity contribution in [1.29, 1.82) is 0 Å². The van der Waals surface area contributed by atoms with Gasteiger partial charge in [0.25, 0.3) is 0 Å². The Bertz CT molecular complexity index is 623.